The van der Waals surface area contributed by atoms with Crippen LogP contribution in [0.3, 0.4) is 0 Å². The van der Waals surface area contributed by atoms with Crippen LogP contribution in [0.25, 0.3) is 0 Å². The van der Waals surface area contributed by atoms with Crippen molar-refractivity contribution in [3.8, 4) is 0 Å². The monoisotopic (exact) mass is 281 g/mol. The van der Waals surface area contributed by atoms with Gasteiger partial charge >= 0.3 is 0 Å². The highest BCUT2D eigenvalue weighted by Gasteiger charge is 2.14. The summed E-state index contributed by atoms with van der Waals surface area (Å²) < 4.78 is 5.36. The fourth-order valence-electron chi connectivity index (χ4n) is 2.07. The number of aryl methyl sites for hydroxylation is 2. The molecule has 0 radical (unpaired) electrons. The number of rotatable bonds is 6. The molecule has 0 bridgehead atoms. The highest BCUT2D eigenvalue weighted by atomic mass is 32.2. The summed E-state index contributed by atoms with van der Waals surface area (Å²) in [5, 5.41) is 4.38. The molecule has 1 aromatic heterocycles. The van der Waals surface area contributed by atoms with Gasteiger partial charge < -0.3 is 10.1 Å². The third kappa shape index (κ3) is 4.44. The van der Waals surface area contributed by atoms with E-state index in [1.807, 2.05) is 13.8 Å². The normalized spacial score (nSPS) is 19.0. The van der Waals surface area contributed by atoms with Gasteiger partial charge in [0, 0.05) is 36.8 Å². The van der Waals surface area contributed by atoms with Gasteiger partial charge in [-0.3, -0.25) is 0 Å². The molecule has 0 amide bonds. The molecule has 2 rings (SSSR count). The molecule has 1 unspecified atom stereocenters. The van der Waals surface area contributed by atoms with Gasteiger partial charge in [-0.15, -0.1) is 0 Å². The van der Waals surface area contributed by atoms with Gasteiger partial charge in [0.2, 0.25) is 0 Å². The predicted molar refractivity (Wildman–Crippen MR) is 78.8 cm³/mol. The summed E-state index contributed by atoms with van der Waals surface area (Å²) in [6.07, 6.45) is 1.19. The number of hydrogen-bond donors (Lipinski definition) is 1. The van der Waals surface area contributed by atoms with Crippen LogP contribution in [-0.4, -0.2) is 42.0 Å². The predicted octanol–water partition coefficient (Wildman–Crippen LogP) is 2.12. The number of aromatic nitrogens is 2. The van der Waals surface area contributed by atoms with Gasteiger partial charge in [-0.05, 0) is 38.7 Å². The molecule has 0 spiro atoms. The van der Waals surface area contributed by atoms with Crippen molar-refractivity contribution in [2.45, 2.75) is 32.3 Å². The molecular formula is C14H23N3OS. The molecule has 0 saturated carbocycles. The molecule has 1 saturated heterocycles. The molecule has 1 aliphatic heterocycles. The van der Waals surface area contributed by atoms with Crippen LogP contribution in [0, 0.1) is 26.7 Å². The summed E-state index contributed by atoms with van der Waals surface area (Å²) in [6.45, 7) is 10.1. The second-order valence-electron chi connectivity index (χ2n) is 5.08. The van der Waals surface area contributed by atoms with Gasteiger partial charge in [-0.1, -0.05) is 11.8 Å². The number of ether oxygens (including phenoxy) is 1. The molecule has 0 aromatic carbocycles. The topological polar surface area (TPSA) is 47.0 Å². The molecule has 5 heteroatoms. The summed E-state index contributed by atoms with van der Waals surface area (Å²) in [7, 11) is 0. The van der Waals surface area contributed by atoms with Crippen molar-refractivity contribution >= 4 is 11.8 Å². The maximum Gasteiger partial charge on any atom is 0.188 e. The fraction of sp³-hybridized carbons (Fsp3) is 0.714. The van der Waals surface area contributed by atoms with Gasteiger partial charge in [-0.25, -0.2) is 9.97 Å². The van der Waals surface area contributed by atoms with Crippen LogP contribution in [0.4, 0.5) is 0 Å². The van der Waals surface area contributed by atoms with E-state index in [-0.39, 0.29) is 0 Å². The van der Waals surface area contributed by atoms with E-state index in [2.05, 4.69) is 22.2 Å². The average Bonchev–Trinajstić information content (AvgIpc) is 2.88. The zero-order valence-corrected chi connectivity index (χ0v) is 12.8. The van der Waals surface area contributed by atoms with Crippen LogP contribution in [-0.2, 0) is 4.74 Å². The van der Waals surface area contributed by atoms with E-state index in [4.69, 9.17) is 4.74 Å². The first-order valence-corrected chi connectivity index (χ1v) is 7.88. The van der Waals surface area contributed by atoms with E-state index in [0.717, 1.165) is 48.6 Å². The van der Waals surface area contributed by atoms with Crippen LogP contribution in [0.2, 0.25) is 0 Å². The van der Waals surface area contributed by atoms with Gasteiger partial charge in [0.1, 0.15) is 0 Å². The number of nitrogens with zero attached hydrogens (tertiary/aromatic N) is 2. The number of nitrogens with one attached hydrogen (secondary N) is 1. The first kappa shape index (κ1) is 14.8. The molecule has 2 heterocycles. The maximum atomic E-state index is 5.36. The quantitative estimate of drug-likeness (QED) is 0.492. The lowest BCUT2D eigenvalue weighted by Crippen LogP contribution is -2.25. The zero-order chi connectivity index (χ0) is 13.7. The summed E-state index contributed by atoms with van der Waals surface area (Å²) in [6, 6.07) is 0. The number of thioether (sulfide) groups is 1. The zero-order valence-electron chi connectivity index (χ0n) is 12.0. The van der Waals surface area contributed by atoms with Crippen molar-refractivity contribution in [2.24, 2.45) is 5.92 Å². The third-order valence-electron chi connectivity index (χ3n) is 3.58. The van der Waals surface area contributed by atoms with Crippen LogP contribution in [0.5, 0.6) is 0 Å². The van der Waals surface area contributed by atoms with Gasteiger partial charge in [-0.2, -0.15) is 0 Å². The lowest BCUT2D eigenvalue weighted by molar-refractivity contribution is 0.185. The summed E-state index contributed by atoms with van der Waals surface area (Å²) in [4.78, 5) is 9.03. The first-order valence-electron chi connectivity index (χ1n) is 6.90. The smallest absolute Gasteiger partial charge is 0.188 e. The second-order valence-corrected chi connectivity index (χ2v) is 6.15. The van der Waals surface area contributed by atoms with Crippen molar-refractivity contribution in [3.05, 3.63) is 17.0 Å². The van der Waals surface area contributed by atoms with Crippen LogP contribution >= 0.6 is 11.8 Å². The highest BCUT2D eigenvalue weighted by Crippen LogP contribution is 2.16. The van der Waals surface area contributed by atoms with E-state index in [9.17, 15) is 0 Å². The molecule has 4 nitrogen and oxygen atoms in total. The SMILES string of the molecule is Cc1nc(SCCNCC2CCOC2)nc(C)c1C. The van der Waals surface area contributed by atoms with Gasteiger partial charge in [0.05, 0.1) is 6.61 Å². The molecule has 1 aromatic rings. The third-order valence-corrected chi connectivity index (χ3v) is 4.43. The lowest BCUT2D eigenvalue weighted by Gasteiger charge is -2.09. The fourth-order valence-corrected chi connectivity index (χ4v) is 2.90. The molecular weight excluding hydrogens is 258 g/mol. The van der Waals surface area contributed by atoms with E-state index in [0.29, 0.717) is 5.92 Å². The molecule has 1 N–H and O–H groups in total. The highest BCUT2D eigenvalue weighted by molar-refractivity contribution is 7.99. The van der Waals surface area contributed by atoms with Crippen molar-refractivity contribution in [2.75, 3.05) is 32.1 Å². The first-order chi connectivity index (χ1) is 9.16. The van der Waals surface area contributed by atoms with Crippen LogP contribution < -0.4 is 5.32 Å². The largest absolute Gasteiger partial charge is 0.381 e. The van der Waals surface area contributed by atoms with E-state index in [1.165, 1.54) is 12.0 Å². The van der Waals surface area contributed by atoms with Crippen LogP contribution in [0.1, 0.15) is 23.4 Å². The Morgan fingerprint density at radius 3 is 2.63 bits per heavy atom. The van der Waals surface area contributed by atoms with Crippen molar-refractivity contribution < 1.29 is 4.74 Å². The summed E-state index contributed by atoms with van der Waals surface area (Å²) >= 11 is 1.72. The van der Waals surface area contributed by atoms with E-state index >= 15 is 0 Å². The Morgan fingerprint density at radius 1 is 1.26 bits per heavy atom. The Balaban J connectivity index is 1.67. The Hall–Kier alpha value is -0.650. The van der Waals surface area contributed by atoms with Crippen molar-refractivity contribution in [1.82, 2.24) is 15.3 Å². The molecule has 1 atom stereocenters. The van der Waals surface area contributed by atoms with Crippen LogP contribution in [0.15, 0.2) is 5.16 Å². The van der Waals surface area contributed by atoms with Crippen molar-refractivity contribution in [3.63, 3.8) is 0 Å². The maximum absolute atomic E-state index is 5.36. The minimum Gasteiger partial charge on any atom is -0.381 e. The molecule has 1 aliphatic rings. The van der Waals surface area contributed by atoms with Crippen molar-refractivity contribution in [1.29, 1.82) is 0 Å². The molecule has 106 valence electrons. The summed E-state index contributed by atoms with van der Waals surface area (Å²) in [5.74, 6) is 1.71. The molecule has 19 heavy (non-hydrogen) atoms. The van der Waals surface area contributed by atoms with E-state index in [1.54, 1.807) is 11.8 Å². The minimum atomic E-state index is 0.699. The second kappa shape index (κ2) is 7.22. The molecule has 0 aliphatic carbocycles. The summed E-state index contributed by atoms with van der Waals surface area (Å²) in [5.41, 5.74) is 3.38. The Labute approximate surface area is 119 Å². The average molecular weight is 281 g/mol. The Kier molecular flexibility index (Phi) is 5.60. The Bertz CT molecular complexity index is 396. The van der Waals surface area contributed by atoms with Gasteiger partial charge in [0.15, 0.2) is 5.16 Å². The minimum absolute atomic E-state index is 0.699. The lowest BCUT2D eigenvalue weighted by atomic mass is 10.1. The van der Waals surface area contributed by atoms with E-state index < -0.39 is 0 Å². The standard InChI is InChI=1S/C14H23N3OS/c1-10-11(2)16-14(17-12(10)3)19-7-5-15-8-13-4-6-18-9-13/h13,15H,4-9H2,1-3H3. The Morgan fingerprint density at radius 2 is 2.00 bits per heavy atom. The van der Waals surface area contributed by atoms with Gasteiger partial charge in [0.25, 0.3) is 0 Å². The molecule has 1 fully saturated rings. The number of hydrogen-bond acceptors (Lipinski definition) is 5.